The first-order chi connectivity index (χ1) is 14.7. The fourth-order valence-electron chi connectivity index (χ4n) is 4.99. The lowest BCUT2D eigenvalue weighted by atomic mass is 9.87. The Hall–Kier alpha value is -2.25. The maximum Gasteiger partial charge on any atom is 0.255 e. The first-order valence-corrected chi connectivity index (χ1v) is 11.5. The van der Waals surface area contributed by atoms with Crippen LogP contribution in [0, 0.1) is 5.92 Å². The van der Waals surface area contributed by atoms with Gasteiger partial charge in [-0.25, -0.2) is 0 Å². The minimum Gasteiger partial charge on any atom is -0.326 e. The SMILES string of the molecule is CC(C)(N)CCC1CCN(Cc2ccc3c(c2)CN(C2CCC(=O)NC2=O)C3=O)CC1. The standard InChI is InChI=1S/C24H34N4O3/c1-24(2,25)10-7-16-8-11-27(12-9-16)14-17-3-4-19-18(13-17)15-28(23(19)31)20-5-6-21(29)26-22(20)30/h3-4,13,16,20H,5-12,14-15,25H2,1-2H3,(H,26,29,30). The zero-order valence-electron chi connectivity index (χ0n) is 18.7. The summed E-state index contributed by atoms with van der Waals surface area (Å²) in [5, 5.41) is 2.35. The molecule has 3 aliphatic heterocycles. The average Bonchev–Trinajstić information content (AvgIpc) is 3.03. The Bertz CT molecular complexity index is 868. The quantitative estimate of drug-likeness (QED) is 0.680. The van der Waals surface area contributed by atoms with Crippen LogP contribution in [0.5, 0.6) is 0 Å². The molecule has 3 N–H and O–H groups in total. The number of nitrogens with zero attached hydrogens (tertiary/aromatic N) is 2. The number of rotatable bonds is 6. The molecule has 0 bridgehead atoms. The van der Waals surface area contributed by atoms with Gasteiger partial charge in [0.25, 0.3) is 5.91 Å². The van der Waals surface area contributed by atoms with E-state index in [2.05, 4.69) is 30.1 Å². The van der Waals surface area contributed by atoms with Gasteiger partial charge in [0, 0.05) is 30.6 Å². The predicted molar refractivity (Wildman–Crippen MR) is 118 cm³/mol. The van der Waals surface area contributed by atoms with Crippen LogP contribution in [0.25, 0.3) is 0 Å². The molecule has 1 unspecified atom stereocenters. The van der Waals surface area contributed by atoms with Crippen LogP contribution in [-0.2, 0) is 22.7 Å². The van der Waals surface area contributed by atoms with Gasteiger partial charge < -0.3 is 10.6 Å². The molecule has 1 atom stereocenters. The van der Waals surface area contributed by atoms with Gasteiger partial charge in [0.05, 0.1) is 0 Å². The summed E-state index contributed by atoms with van der Waals surface area (Å²) in [6.45, 7) is 7.70. The maximum atomic E-state index is 12.8. The Kier molecular flexibility index (Phi) is 6.17. The summed E-state index contributed by atoms with van der Waals surface area (Å²) in [5.74, 6) is 0.0280. The molecule has 0 spiro atoms. The summed E-state index contributed by atoms with van der Waals surface area (Å²) in [6.07, 6.45) is 5.37. The summed E-state index contributed by atoms with van der Waals surface area (Å²) >= 11 is 0. The first-order valence-electron chi connectivity index (χ1n) is 11.5. The van der Waals surface area contributed by atoms with Crippen molar-refractivity contribution in [3.63, 3.8) is 0 Å². The number of carbonyl (C=O) groups excluding carboxylic acids is 3. The number of likely N-dealkylation sites (tertiary alicyclic amines) is 1. The second kappa shape index (κ2) is 8.71. The molecule has 2 saturated heterocycles. The molecule has 168 valence electrons. The second-order valence-electron chi connectivity index (χ2n) is 10.1. The number of piperidine rings is 2. The van der Waals surface area contributed by atoms with Crippen molar-refractivity contribution in [1.82, 2.24) is 15.1 Å². The molecule has 7 heteroatoms. The molecule has 2 fully saturated rings. The average molecular weight is 427 g/mol. The predicted octanol–water partition coefficient (Wildman–Crippen LogP) is 2.18. The Balaban J connectivity index is 1.33. The summed E-state index contributed by atoms with van der Waals surface area (Å²) in [6, 6.07) is 5.49. The van der Waals surface area contributed by atoms with Crippen LogP contribution in [0.3, 0.4) is 0 Å². The Morgan fingerprint density at radius 1 is 1.13 bits per heavy atom. The number of nitrogens with one attached hydrogen (secondary N) is 1. The lowest BCUT2D eigenvalue weighted by Gasteiger charge is -2.33. The number of imide groups is 1. The van der Waals surface area contributed by atoms with Gasteiger partial charge in [-0.3, -0.25) is 24.6 Å². The van der Waals surface area contributed by atoms with Gasteiger partial charge in [-0.15, -0.1) is 0 Å². The third-order valence-corrected chi connectivity index (χ3v) is 6.90. The number of amides is 3. The summed E-state index contributed by atoms with van der Waals surface area (Å²) < 4.78 is 0. The van der Waals surface area contributed by atoms with E-state index in [4.69, 9.17) is 5.73 Å². The van der Waals surface area contributed by atoms with Gasteiger partial charge in [-0.1, -0.05) is 12.1 Å². The van der Waals surface area contributed by atoms with Crippen molar-refractivity contribution >= 4 is 17.7 Å². The highest BCUT2D eigenvalue weighted by Crippen LogP contribution is 2.30. The third-order valence-electron chi connectivity index (χ3n) is 6.90. The van der Waals surface area contributed by atoms with Crippen LogP contribution >= 0.6 is 0 Å². The summed E-state index contributed by atoms with van der Waals surface area (Å²) in [5.41, 5.74) is 8.91. The van der Waals surface area contributed by atoms with E-state index in [9.17, 15) is 14.4 Å². The smallest absolute Gasteiger partial charge is 0.255 e. The minimum absolute atomic E-state index is 0.0826. The summed E-state index contributed by atoms with van der Waals surface area (Å²) in [4.78, 5) is 40.6. The molecule has 1 aromatic rings. The molecule has 1 aromatic carbocycles. The van der Waals surface area contributed by atoms with Crippen molar-refractivity contribution in [3.05, 3.63) is 34.9 Å². The van der Waals surface area contributed by atoms with E-state index in [1.54, 1.807) is 4.90 Å². The lowest BCUT2D eigenvalue weighted by molar-refractivity contribution is -0.136. The van der Waals surface area contributed by atoms with Gasteiger partial charge in [-0.05, 0) is 82.2 Å². The second-order valence-corrected chi connectivity index (χ2v) is 10.1. The molecule has 3 amide bonds. The van der Waals surface area contributed by atoms with Gasteiger partial charge in [0.1, 0.15) is 6.04 Å². The monoisotopic (exact) mass is 426 g/mol. The molecule has 0 aliphatic carbocycles. The van der Waals surface area contributed by atoms with Crippen LogP contribution in [-0.4, -0.2) is 52.2 Å². The first kappa shape index (κ1) is 22.0. The van der Waals surface area contributed by atoms with Gasteiger partial charge in [0.15, 0.2) is 0 Å². The normalized spacial score (nSPS) is 23.3. The topological polar surface area (TPSA) is 95.7 Å². The number of benzene rings is 1. The highest BCUT2D eigenvalue weighted by Gasteiger charge is 2.39. The van der Waals surface area contributed by atoms with Crippen LogP contribution in [0.1, 0.15) is 73.9 Å². The van der Waals surface area contributed by atoms with Crippen molar-refractivity contribution in [2.24, 2.45) is 11.7 Å². The van der Waals surface area contributed by atoms with Gasteiger partial charge in [-0.2, -0.15) is 0 Å². The van der Waals surface area contributed by atoms with E-state index in [1.165, 1.54) is 24.8 Å². The molecule has 31 heavy (non-hydrogen) atoms. The Morgan fingerprint density at radius 2 is 1.87 bits per heavy atom. The lowest BCUT2D eigenvalue weighted by Crippen LogP contribution is -2.52. The van der Waals surface area contributed by atoms with Crippen LogP contribution < -0.4 is 11.1 Å². The van der Waals surface area contributed by atoms with Crippen molar-refractivity contribution < 1.29 is 14.4 Å². The summed E-state index contributed by atoms with van der Waals surface area (Å²) in [7, 11) is 0. The van der Waals surface area contributed by atoms with Gasteiger partial charge in [0.2, 0.25) is 11.8 Å². The van der Waals surface area contributed by atoms with Crippen LogP contribution in [0.15, 0.2) is 18.2 Å². The number of hydrogen-bond acceptors (Lipinski definition) is 5. The molecule has 3 heterocycles. The fraction of sp³-hybridized carbons (Fsp3) is 0.625. The molecule has 0 aromatic heterocycles. The van der Waals surface area contributed by atoms with E-state index in [0.717, 1.165) is 37.5 Å². The minimum atomic E-state index is -0.557. The molecule has 7 nitrogen and oxygen atoms in total. The molecule has 0 saturated carbocycles. The number of hydrogen-bond donors (Lipinski definition) is 2. The van der Waals surface area contributed by atoms with Crippen molar-refractivity contribution in [2.45, 2.75) is 77.0 Å². The van der Waals surface area contributed by atoms with Crippen molar-refractivity contribution in [3.8, 4) is 0 Å². The Morgan fingerprint density at radius 3 is 2.55 bits per heavy atom. The van der Waals surface area contributed by atoms with E-state index in [1.807, 2.05) is 12.1 Å². The van der Waals surface area contributed by atoms with Crippen LogP contribution in [0.4, 0.5) is 0 Å². The molecule has 3 aliphatic rings. The van der Waals surface area contributed by atoms with E-state index in [0.29, 0.717) is 18.5 Å². The van der Waals surface area contributed by atoms with E-state index in [-0.39, 0.29) is 29.7 Å². The zero-order valence-corrected chi connectivity index (χ0v) is 18.7. The number of fused-ring (bicyclic) bond motifs is 1. The van der Waals surface area contributed by atoms with E-state index < -0.39 is 6.04 Å². The highest BCUT2D eigenvalue weighted by molar-refractivity contribution is 6.05. The number of nitrogens with two attached hydrogens (primary N) is 1. The van der Waals surface area contributed by atoms with E-state index >= 15 is 0 Å². The molecule has 0 radical (unpaired) electrons. The fourth-order valence-corrected chi connectivity index (χ4v) is 4.99. The van der Waals surface area contributed by atoms with Gasteiger partial charge >= 0.3 is 0 Å². The molecular weight excluding hydrogens is 392 g/mol. The Labute approximate surface area is 184 Å². The van der Waals surface area contributed by atoms with Crippen molar-refractivity contribution in [2.75, 3.05) is 13.1 Å². The highest BCUT2D eigenvalue weighted by atomic mass is 16.2. The van der Waals surface area contributed by atoms with Crippen LogP contribution in [0.2, 0.25) is 0 Å². The number of carbonyl (C=O) groups is 3. The van der Waals surface area contributed by atoms with Crippen molar-refractivity contribution in [1.29, 1.82) is 0 Å². The largest absolute Gasteiger partial charge is 0.326 e. The molecular formula is C24H34N4O3. The third kappa shape index (κ3) is 5.15. The maximum absolute atomic E-state index is 12.8. The molecule has 4 rings (SSSR count). The zero-order chi connectivity index (χ0) is 22.2.